The molecule has 3 heterocycles. The molecule has 1 aromatic rings. The Morgan fingerprint density at radius 1 is 1.38 bits per heavy atom. The van der Waals surface area contributed by atoms with Gasteiger partial charge in [0.25, 0.3) is 0 Å². The van der Waals surface area contributed by atoms with Crippen molar-refractivity contribution in [2.75, 3.05) is 0 Å². The Labute approximate surface area is 145 Å². The number of nitrogens with two attached hydrogens (primary N) is 1. The van der Waals surface area contributed by atoms with Gasteiger partial charge in [0.05, 0.1) is 29.4 Å². The zero-order valence-corrected chi connectivity index (χ0v) is 15.4. The molecule has 0 bridgehead atoms. The highest BCUT2D eigenvalue weighted by Crippen LogP contribution is 2.56. The van der Waals surface area contributed by atoms with Gasteiger partial charge in [-0.3, -0.25) is 4.79 Å². The summed E-state index contributed by atoms with van der Waals surface area (Å²) in [6, 6.07) is -0.480. The van der Waals surface area contributed by atoms with Crippen molar-refractivity contribution in [2.45, 2.75) is 58.4 Å². The Hall–Kier alpha value is -1.76. The fraction of sp³-hybridized carbons (Fsp3) is 0.588. The maximum absolute atomic E-state index is 11.5. The Morgan fingerprint density at radius 3 is 2.71 bits per heavy atom. The minimum atomic E-state index is -0.480. The molecule has 130 valence electrons. The highest BCUT2D eigenvalue weighted by molar-refractivity contribution is 8.03. The molecule has 3 rings (SSSR count). The number of aromatic nitrogens is 1. The zero-order valence-electron chi connectivity index (χ0n) is 14.6. The molecule has 2 unspecified atom stereocenters. The lowest BCUT2D eigenvalue weighted by Crippen LogP contribution is -2.24. The first-order valence-corrected chi connectivity index (χ1v) is 9.00. The van der Waals surface area contributed by atoms with E-state index in [1.165, 1.54) is 10.5 Å². The van der Waals surface area contributed by atoms with E-state index in [2.05, 4.69) is 19.0 Å². The predicted octanol–water partition coefficient (Wildman–Crippen LogP) is 3.43. The number of ether oxygens (including phenoxy) is 1. The maximum Gasteiger partial charge on any atom is 0.220 e. The van der Waals surface area contributed by atoms with Crippen LogP contribution in [0.5, 0.6) is 0 Å². The van der Waals surface area contributed by atoms with Gasteiger partial charge in [0.2, 0.25) is 5.91 Å². The number of fused-ring (bicyclic) bond motifs is 3. The second-order valence-corrected chi connectivity index (χ2v) is 7.98. The van der Waals surface area contributed by atoms with Crippen molar-refractivity contribution in [2.24, 2.45) is 16.6 Å². The lowest BCUT2D eigenvalue weighted by atomic mass is 9.91. The quantitative estimate of drug-likeness (QED) is 0.902. The number of carbonyl (C=O) groups excluding carboxylic acids is 1. The third kappa shape index (κ3) is 2.85. The van der Waals surface area contributed by atoms with Crippen LogP contribution in [0.15, 0.2) is 20.0 Å². The van der Waals surface area contributed by atoms with E-state index in [4.69, 9.17) is 20.0 Å². The molecular formula is C17H23N3O3S. The van der Waals surface area contributed by atoms with Gasteiger partial charge in [-0.05, 0) is 39.5 Å². The lowest BCUT2D eigenvalue weighted by molar-refractivity contribution is -0.118. The van der Waals surface area contributed by atoms with Crippen molar-refractivity contribution in [1.29, 1.82) is 0 Å². The Morgan fingerprint density at radius 2 is 2.08 bits per heavy atom. The van der Waals surface area contributed by atoms with Gasteiger partial charge in [-0.25, -0.2) is 4.99 Å². The van der Waals surface area contributed by atoms with Crippen molar-refractivity contribution in [3.8, 4) is 0 Å². The van der Waals surface area contributed by atoms with Crippen LogP contribution in [0.2, 0.25) is 0 Å². The smallest absolute Gasteiger partial charge is 0.220 e. The number of primary amides is 1. The summed E-state index contributed by atoms with van der Waals surface area (Å²) in [5.41, 5.74) is 8.54. The van der Waals surface area contributed by atoms with E-state index in [-0.39, 0.29) is 23.7 Å². The molecule has 1 amide bonds. The van der Waals surface area contributed by atoms with E-state index in [1.54, 1.807) is 11.8 Å². The van der Waals surface area contributed by atoms with E-state index >= 15 is 0 Å². The van der Waals surface area contributed by atoms with E-state index in [0.29, 0.717) is 11.7 Å². The van der Waals surface area contributed by atoms with E-state index < -0.39 is 11.9 Å². The van der Waals surface area contributed by atoms with Crippen molar-refractivity contribution in [1.82, 2.24) is 5.16 Å². The van der Waals surface area contributed by atoms with Crippen LogP contribution in [0.1, 0.15) is 62.4 Å². The number of allylic oxidation sites excluding steroid dienone is 1. The molecule has 2 aliphatic rings. The van der Waals surface area contributed by atoms with Crippen LogP contribution in [-0.4, -0.2) is 23.1 Å². The molecule has 2 aliphatic heterocycles. The third-order valence-electron chi connectivity index (χ3n) is 4.45. The molecule has 6 nitrogen and oxygen atoms in total. The molecule has 0 spiro atoms. The van der Waals surface area contributed by atoms with Crippen LogP contribution in [0.3, 0.4) is 0 Å². The van der Waals surface area contributed by atoms with Crippen molar-refractivity contribution in [3.63, 3.8) is 0 Å². The predicted molar refractivity (Wildman–Crippen MR) is 93.6 cm³/mol. The first-order chi connectivity index (χ1) is 11.3. The fourth-order valence-electron chi connectivity index (χ4n) is 3.29. The number of aliphatic imine (C=N–C) groups is 1. The topological polar surface area (TPSA) is 90.7 Å². The van der Waals surface area contributed by atoms with Gasteiger partial charge in [-0.15, -0.1) is 11.8 Å². The summed E-state index contributed by atoms with van der Waals surface area (Å²) in [5, 5.41) is 4.24. The summed E-state index contributed by atoms with van der Waals surface area (Å²) >= 11 is 1.79. The lowest BCUT2D eigenvalue weighted by Gasteiger charge is -2.22. The summed E-state index contributed by atoms with van der Waals surface area (Å²) in [7, 11) is 0. The summed E-state index contributed by atoms with van der Waals surface area (Å²) in [5.74, 6) is 0.912. The average Bonchev–Trinajstić information content (AvgIpc) is 2.94. The van der Waals surface area contributed by atoms with Crippen molar-refractivity contribution in [3.05, 3.63) is 27.5 Å². The van der Waals surface area contributed by atoms with Gasteiger partial charge in [0.15, 0.2) is 11.7 Å². The van der Waals surface area contributed by atoms with Crippen molar-refractivity contribution >= 4 is 23.6 Å². The third-order valence-corrected chi connectivity index (χ3v) is 5.89. The zero-order chi connectivity index (χ0) is 17.6. The SMILES string of the molecule is CC1=C(C)C2C(OC(C)C)=N[C@@H](CC(N)=O)c3onc(C)c3C2S1. The Kier molecular flexibility index (Phi) is 4.46. The summed E-state index contributed by atoms with van der Waals surface area (Å²) < 4.78 is 11.6. The van der Waals surface area contributed by atoms with E-state index in [1.807, 2.05) is 20.8 Å². The highest BCUT2D eigenvalue weighted by Gasteiger charge is 2.45. The minimum absolute atomic E-state index is 0.000886. The number of hydrogen-bond acceptors (Lipinski definition) is 6. The summed E-state index contributed by atoms with van der Waals surface area (Å²) in [4.78, 5) is 17.5. The maximum atomic E-state index is 11.5. The monoisotopic (exact) mass is 349 g/mol. The normalized spacial score (nSPS) is 26.1. The number of thioether (sulfide) groups is 1. The molecule has 0 radical (unpaired) electrons. The molecule has 24 heavy (non-hydrogen) atoms. The van der Waals surface area contributed by atoms with Gasteiger partial charge in [0, 0.05) is 5.56 Å². The average molecular weight is 349 g/mol. The standard InChI is InChI=1S/C17H23N3O3S/c1-7(2)22-17-13-8(3)10(5)24-16(13)14-9(4)20-23-15(14)11(19-17)6-12(18)21/h7,11,13,16H,6H2,1-5H3,(H2,18,21)/t11-,13?,16?/m0/s1. The minimum Gasteiger partial charge on any atom is -0.478 e. The number of nitrogens with zero attached hydrogens (tertiary/aromatic N) is 2. The molecule has 7 heteroatoms. The Bertz CT molecular complexity index is 735. The first kappa shape index (κ1) is 17.1. The number of hydrogen-bond donors (Lipinski definition) is 1. The second-order valence-electron chi connectivity index (χ2n) is 6.62. The molecule has 0 aliphatic carbocycles. The summed E-state index contributed by atoms with van der Waals surface area (Å²) in [6.07, 6.45) is 0.0827. The molecule has 0 aromatic carbocycles. The molecule has 0 saturated carbocycles. The largest absolute Gasteiger partial charge is 0.478 e. The van der Waals surface area contributed by atoms with Gasteiger partial charge in [0.1, 0.15) is 6.04 Å². The molecule has 1 aromatic heterocycles. The van der Waals surface area contributed by atoms with Gasteiger partial charge < -0.3 is 15.0 Å². The van der Waals surface area contributed by atoms with Gasteiger partial charge >= 0.3 is 0 Å². The first-order valence-electron chi connectivity index (χ1n) is 8.12. The molecular weight excluding hydrogens is 326 g/mol. The van der Waals surface area contributed by atoms with Crippen LogP contribution in [0.4, 0.5) is 0 Å². The van der Waals surface area contributed by atoms with Crippen LogP contribution < -0.4 is 5.73 Å². The number of carbonyl (C=O) groups is 1. The molecule has 2 N–H and O–H groups in total. The van der Waals surface area contributed by atoms with Crippen LogP contribution in [0.25, 0.3) is 0 Å². The molecule has 0 fully saturated rings. The van der Waals surface area contributed by atoms with Crippen LogP contribution in [0, 0.1) is 12.8 Å². The number of aryl methyl sites for hydroxylation is 1. The fourth-order valence-corrected chi connectivity index (χ4v) is 4.84. The molecule has 0 saturated heterocycles. The van der Waals surface area contributed by atoms with Gasteiger partial charge in [-0.2, -0.15) is 0 Å². The van der Waals surface area contributed by atoms with E-state index in [0.717, 1.165) is 11.3 Å². The van der Waals surface area contributed by atoms with Gasteiger partial charge in [-0.1, -0.05) is 10.7 Å². The Balaban J connectivity index is 2.16. The number of amides is 1. The number of rotatable bonds is 3. The van der Waals surface area contributed by atoms with Crippen molar-refractivity contribution < 1.29 is 14.1 Å². The van der Waals surface area contributed by atoms with E-state index in [9.17, 15) is 4.79 Å². The van der Waals surface area contributed by atoms with Crippen LogP contribution >= 0.6 is 11.8 Å². The summed E-state index contributed by atoms with van der Waals surface area (Å²) in [6.45, 7) is 10.1. The highest BCUT2D eigenvalue weighted by atomic mass is 32.2. The molecule has 3 atom stereocenters. The van der Waals surface area contributed by atoms with Crippen LogP contribution in [-0.2, 0) is 9.53 Å². The second kappa shape index (κ2) is 6.27.